The Morgan fingerprint density at radius 2 is 2.10 bits per heavy atom. The summed E-state index contributed by atoms with van der Waals surface area (Å²) in [4.78, 5) is 12.0. The number of rotatable bonds is 5. The van der Waals surface area contributed by atoms with E-state index in [4.69, 9.17) is 16.3 Å². The Balaban J connectivity index is 1.92. The van der Waals surface area contributed by atoms with Crippen molar-refractivity contribution in [1.82, 2.24) is 0 Å². The predicted molar refractivity (Wildman–Crippen MR) is 82.4 cm³/mol. The number of amides is 1. The Morgan fingerprint density at radius 1 is 1.40 bits per heavy atom. The van der Waals surface area contributed by atoms with E-state index in [9.17, 15) is 4.79 Å². The van der Waals surface area contributed by atoms with E-state index in [0.29, 0.717) is 23.1 Å². The molecule has 1 aliphatic carbocycles. The van der Waals surface area contributed by atoms with Crippen molar-refractivity contribution >= 4 is 23.2 Å². The van der Waals surface area contributed by atoms with E-state index in [1.807, 2.05) is 19.9 Å². The maximum Gasteiger partial charge on any atom is 0.224 e. The molecule has 0 saturated heterocycles. The monoisotopic (exact) mass is 295 g/mol. The minimum absolute atomic E-state index is 0.0745. The molecule has 20 heavy (non-hydrogen) atoms. The van der Waals surface area contributed by atoms with Gasteiger partial charge in [-0.1, -0.05) is 24.4 Å². The van der Waals surface area contributed by atoms with Gasteiger partial charge in [-0.05, 0) is 50.8 Å². The maximum atomic E-state index is 12.0. The van der Waals surface area contributed by atoms with Gasteiger partial charge in [0.2, 0.25) is 5.91 Å². The molecule has 4 heteroatoms. The van der Waals surface area contributed by atoms with E-state index in [2.05, 4.69) is 5.32 Å². The average Bonchev–Trinajstić information content (AvgIpc) is 2.85. The van der Waals surface area contributed by atoms with E-state index in [1.165, 1.54) is 25.7 Å². The summed E-state index contributed by atoms with van der Waals surface area (Å²) >= 11 is 6.15. The fourth-order valence-electron chi connectivity index (χ4n) is 2.62. The molecule has 1 amide bonds. The molecule has 1 saturated carbocycles. The highest BCUT2D eigenvalue weighted by molar-refractivity contribution is 6.32. The zero-order chi connectivity index (χ0) is 14.5. The van der Waals surface area contributed by atoms with Crippen molar-refractivity contribution in [1.29, 1.82) is 0 Å². The highest BCUT2D eigenvalue weighted by Gasteiger charge is 2.18. The van der Waals surface area contributed by atoms with Crippen LogP contribution in [0.25, 0.3) is 0 Å². The minimum atomic E-state index is 0.0745. The molecule has 0 aromatic heterocycles. The Bertz CT molecular complexity index is 468. The van der Waals surface area contributed by atoms with Crippen LogP contribution in [-0.2, 0) is 4.79 Å². The van der Waals surface area contributed by atoms with Crippen LogP contribution in [0.1, 0.15) is 46.0 Å². The van der Waals surface area contributed by atoms with Crippen LogP contribution in [0.2, 0.25) is 5.02 Å². The number of ether oxygens (including phenoxy) is 1. The normalized spacial score (nSPS) is 15.6. The van der Waals surface area contributed by atoms with Crippen LogP contribution < -0.4 is 10.1 Å². The van der Waals surface area contributed by atoms with E-state index >= 15 is 0 Å². The van der Waals surface area contributed by atoms with E-state index in [-0.39, 0.29) is 12.0 Å². The Hall–Kier alpha value is -1.22. The lowest BCUT2D eigenvalue weighted by atomic mass is 10.0. The highest BCUT2D eigenvalue weighted by atomic mass is 35.5. The molecule has 0 radical (unpaired) electrons. The molecule has 0 heterocycles. The van der Waals surface area contributed by atoms with E-state index < -0.39 is 0 Å². The lowest BCUT2D eigenvalue weighted by molar-refractivity contribution is -0.117. The van der Waals surface area contributed by atoms with Gasteiger partial charge in [0.25, 0.3) is 0 Å². The number of benzene rings is 1. The molecular formula is C16H22ClNO2. The largest absolute Gasteiger partial charge is 0.489 e. The summed E-state index contributed by atoms with van der Waals surface area (Å²) < 4.78 is 5.57. The molecule has 1 aliphatic rings. The second-order valence-corrected chi connectivity index (χ2v) is 6.12. The first-order chi connectivity index (χ1) is 9.54. The molecular weight excluding hydrogens is 274 g/mol. The summed E-state index contributed by atoms with van der Waals surface area (Å²) in [7, 11) is 0. The molecule has 0 aliphatic heterocycles. The molecule has 1 aromatic rings. The van der Waals surface area contributed by atoms with Crippen LogP contribution in [0.3, 0.4) is 0 Å². The van der Waals surface area contributed by atoms with Gasteiger partial charge in [-0.15, -0.1) is 0 Å². The molecule has 0 unspecified atom stereocenters. The smallest absolute Gasteiger partial charge is 0.224 e. The second kappa shape index (κ2) is 6.98. The summed E-state index contributed by atoms with van der Waals surface area (Å²) in [6.45, 7) is 3.90. The number of nitrogens with one attached hydrogen (secondary N) is 1. The molecule has 0 atom stereocenters. The van der Waals surface area contributed by atoms with E-state index in [0.717, 1.165) is 5.69 Å². The van der Waals surface area contributed by atoms with Crippen LogP contribution in [0.5, 0.6) is 5.75 Å². The van der Waals surface area contributed by atoms with Gasteiger partial charge in [-0.25, -0.2) is 0 Å². The van der Waals surface area contributed by atoms with Crippen molar-refractivity contribution in [3.63, 3.8) is 0 Å². The number of hydrogen-bond donors (Lipinski definition) is 1. The highest BCUT2D eigenvalue weighted by Crippen LogP contribution is 2.30. The van der Waals surface area contributed by atoms with Gasteiger partial charge in [0.15, 0.2) is 0 Å². The molecule has 110 valence electrons. The molecule has 1 N–H and O–H groups in total. The number of anilines is 1. The van der Waals surface area contributed by atoms with Crippen LogP contribution in [-0.4, -0.2) is 12.0 Å². The average molecular weight is 296 g/mol. The third kappa shape index (κ3) is 4.41. The standard InChI is InChI=1S/C16H22ClNO2/c1-11(2)20-15-8-7-13(10-14(15)17)18-16(19)9-12-5-3-4-6-12/h7-8,10-12H,3-6,9H2,1-2H3,(H,18,19). The summed E-state index contributed by atoms with van der Waals surface area (Å²) in [5.74, 6) is 1.27. The first-order valence-electron chi connectivity index (χ1n) is 7.30. The van der Waals surface area contributed by atoms with Gasteiger partial charge in [-0.2, -0.15) is 0 Å². The van der Waals surface area contributed by atoms with Gasteiger partial charge >= 0.3 is 0 Å². The Morgan fingerprint density at radius 3 is 2.70 bits per heavy atom. The zero-order valence-electron chi connectivity index (χ0n) is 12.1. The van der Waals surface area contributed by atoms with Gasteiger partial charge < -0.3 is 10.1 Å². The van der Waals surface area contributed by atoms with Crippen molar-refractivity contribution in [2.45, 2.75) is 52.1 Å². The fraction of sp³-hybridized carbons (Fsp3) is 0.562. The lowest BCUT2D eigenvalue weighted by Crippen LogP contribution is -2.15. The number of carbonyl (C=O) groups is 1. The van der Waals surface area contributed by atoms with Gasteiger partial charge in [0.05, 0.1) is 11.1 Å². The van der Waals surface area contributed by atoms with E-state index in [1.54, 1.807) is 12.1 Å². The van der Waals surface area contributed by atoms with Crippen LogP contribution >= 0.6 is 11.6 Å². The molecule has 3 nitrogen and oxygen atoms in total. The first-order valence-corrected chi connectivity index (χ1v) is 7.68. The van der Waals surface area contributed by atoms with Crippen molar-refractivity contribution in [2.24, 2.45) is 5.92 Å². The third-order valence-electron chi connectivity index (χ3n) is 3.53. The maximum absolute atomic E-state index is 12.0. The minimum Gasteiger partial charge on any atom is -0.489 e. The fourth-order valence-corrected chi connectivity index (χ4v) is 2.84. The van der Waals surface area contributed by atoms with Crippen molar-refractivity contribution < 1.29 is 9.53 Å². The number of halogens is 1. The first kappa shape index (κ1) is 15.2. The number of carbonyl (C=O) groups excluding carboxylic acids is 1. The van der Waals surface area contributed by atoms with Gasteiger partial charge in [-0.3, -0.25) is 4.79 Å². The topological polar surface area (TPSA) is 38.3 Å². The Labute approximate surface area is 125 Å². The molecule has 2 rings (SSSR count). The number of hydrogen-bond acceptors (Lipinski definition) is 2. The van der Waals surface area contributed by atoms with Crippen molar-refractivity contribution in [3.8, 4) is 5.75 Å². The molecule has 1 fully saturated rings. The van der Waals surface area contributed by atoms with Crippen molar-refractivity contribution in [3.05, 3.63) is 23.2 Å². The van der Waals surface area contributed by atoms with Crippen molar-refractivity contribution in [2.75, 3.05) is 5.32 Å². The van der Waals surface area contributed by atoms with Gasteiger partial charge in [0.1, 0.15) is 5.75 Å². The zero-order valence-corrected chi connectivity index (χ0v) is 12.9. The summed E-state index contributed by atoms with van der Waals surface area (Å²) in [5, 5.41) is 3.44. The molecule has 0 bridgehead atoms. The summed E-state index contributed by atoms with van der Waals surface area (Å²) in [5.41, 5.74) is 0.731. The third-order valence-corrected chi connectivity index (χ3v) is 3.82. The lowest BCUT2D eigenvalue weighted by Gasteiger charge is -2.13. The van der Waals surface area contributed by atoms with Crippen LogP contribution in [0.4, 0.5) is 5.69 Å². The summed E-state index contributed by atoms with van der Waals surface area (Å²) in [6, 6.07) is 5.37. The molecule has 0 spiro atoms. The predicted octanol–water partition coefficient (Wildman–Crippen LogP) is 4.65. The second-order valence-electron chi connectivity index (χ2n) is 5.71. The SMILES string of the molecule is CC(C)Oc1ccc(NC(=O)CC2CCCC2)cc1Cl. The van der Waals surface area contributed by atoms with Crippen LogP contribution in [0, 0.1) is 5.92 Å². The quantitative estimate of drug-likeness (QED) is 0.859. The molecule has 1 aromatic carbocycles. The van der Waals surface area contributed by atoms with Crippen LogP contribution in [0.15, 0.2) is 18.2 Å². The van der Waals surface area contributed by atoms with Gasteiger partial charge in [0, 0.05) is 12.1 Å². The Kier molecular flexibility index (Phi) is 5.30. The summed E-state index contributed by atoms with van der Waals surface area (Å²) in [6.07, 6.45) is 5.55.